The molecule has 0 aliphatic carbocycles. The molecule has 0 spiro atoms. The van der Waals surface area contributed by atoms with E-state index >= 15 is 0 Å². The summed E-state index contributed by atoms with van der Waals surface area (Å²) in [6.45, 7) is 2.99. The van der Waals surface area contributed by atoms with Crippen molar-refractivity contribution in [2.75, 3.05) is 0 Å². The lowest BCUT2D eigenvalue weighted by molar-refractivity contribution is 0.708. The van der Waals surface area contributed by atoms with Crippen molar-refractivity contribution >= 4 is 10.9 Å². The second-order valence-corrected chi connectivity index (χ2v) is 5.77. The van der Waals surface area contributed by atoms with Gasteiger partial charge in [0.05, 0.1) is 12.1 Å². The van der Waals surface area contributed by atoms with Gasteiger partial charge in [-0.25, -0.2) is 0 Å². The van der Waals surface area contributed by atoms with Crippen LogP contribution >= 0.6 is 0 Å². The van der Waals surface area contributed by atoms with Gasteiger partial charge in [-0.3, -0.25) is 4.68 Å². The molecule has 2 heteroatoms. The van der Waals surface area contributed by atoms with Gasteiger partial charge in [0.25, 0.3) is 0 Å². The summed E-state index contributed by atoms with van der Waals surface area (Å²) in [6.07, 6.45) is 4.61. The van der Waals surface area contributed by atoms with E-state index in [0.717, 1.165) is 29.6 Å². The minimum Gasteiger partial charge on any atom is -0.259 e. The van der Waals surface area contributed by atoms with Crippen LogP contribution < -0.4 is 0 Å². The number of rotatable bonds is 5. The van der Waals surface area contributed by atoms with Gasteiger partial charge in [0.2, 0.25) is 0 Å². The predicted octanol–water partition coefficient (Wildman–Crippen LogP) is 5.02. The molecule has 0 atom stereocenters. The number of aromatic nitrogens is 2. The number of nitrogens with zero attached hydrogens (tertiary/aromatic N) is 2. The smallest absolute Gasteiger partial charge is 0.143 e. The summed E-state index contributed by atoms with van der Waals surface area (Å²) < 4.78 is 2.06. The van der Waals surface area contributed by atoms with Crippen molar-refractivity contribution in [1.29, 1.82) is 0 Å². The lowest BCUT2D eigenvalue weighted by Crippen LogP contribution is -2.01. The summed E-state index contributed by atoms with van der Waals surface area (Å²) in [5.74, 6) is 6.55. The third-order valence-electron chi connectivity index (χ3n) is 3.95. The van der Waals surface area contributed by atoms with Crippen LogP contribution in [0.5, 0.6) is 0 Å². The largest absolute Gasteiger partial charge is 0.259 e. The van der Waals surface area contributed by atoms with Crippen molar-refractivity contribution in [3.63, 3.8) is 0 Å². The van der Waals surface area contributed by atoms with Crippen molar-refractivity contribution < 1.29 is 0 Å². The van der Waals surface area contributed by atoms with Gasteiger partial charge < -0.3 is 0 Å². The molecule has 0 aliphatic heterocycles. The van der Waals surface area contributed by atoms with Gasteiger partial charge in [0, 0.05) is 11.8 Å². The molecule has 0 fully saturated rings. The molecule has 2 aromatic carbocycles. The molecular formula is C21H22N2. The average molecular weight is 302 g/mol. The number of benzene rings is 2. The first kappa shape index (κ1) is 15.4. The minimum atomic E-state index is 0.777. The van der Waals surface area contributed by atoms with E-state index in [1.165, 1.54) is 24.8 Å². The number of para-hydroxylation sites is 1. The highest BCUT2D eigenvalue weighted by Gasteiger charge is 2.08. The maximum Gasteiger partial charge on any atom is 0.143 e. The second kappa shape index (κ2) is 7.65. The number of hydrogen-bond acceptors (Lipinski definition) is 1. The first-order chi connectivity index (χ1) is 11.4. The van der Waals surface area contributed by atoms with Crippen LogP contribution in [0, 0.1) is 11.8 Å². The Morgan fingerprint density at radius 2 is 1.74 bits per heavy atom. The Hall–Kier alpha value is -2.53. The molecule has 23 heavy (non-hydrogen) atoms. The lowest BCUT2D eigenvalue weighted by Gasteiger charge is -2.03. The maximum absolute atomic E-state index is 4.75. The molecule has 0 radical (unpaired) electrons. The number of hydrogen-bond donors (Lipinski definition) is 0. The van der Waals surface area contributed by atoms with Crippen molar-refractivity contribution in [2.45, 2.75) is 39.2 Å². The third-order valence-corrected chi connectivity index (χ3v) is 3.95. The third kappa shape index (κ3) is 3.81. The zero-order valence-corrected chi connectivity index (χ0v) is 13.6. The van der Waals surface area contributed by atoms with Gasteiger partial charge in [-0.15, -0.1) is 0 Å². The SMILES string of the molecule is CCCCCC#Cc1nn(Cc2ccccc2)c2ccccc12. The van der Waals surface area contributed by atoms with Crippen molar-refractivity contribution in [2.24, 2.45) is 0 Å². The van der Waals surface area contributed by atoms with Crippen LogP contribution in [0.4, 0.5) is 0 Å². The van der Waals surface area contributed by atoms with Gasteiger partial charge >= 0.3 is 0 Å². The summed E-state index contributed by atoms with van der Waals surface area (Å²) in [5, 5.41) is 5.89. The van der Waals surface area contributed by atoms with Gasteiger partial charge in [-0.2, -0.15) is 5.10 Å². The van der Waals surface area contributed by atoms with Crippen LogP contribution in [0.3, 0.4) is 0 Å². The summed E-state index contributed by atoms with van der Waals surface area (Å²) in [5.41, 5.74) is 3.30. The average Bonchev–Trinajstić information content (AvgIpc) is 2.94. The van der Waals surface area contributed by atoms with Crippen LogP contribution in [0.25, 0.3) is 10.9 Å². The Kier molecular flexibility index (Phi) is 5.11. The molecular weight excluding hydrogens is 280 g/mol. The zero-order chi connectivity index (χ0) is 15.9. The monoisotopic (exact) mass is 302 g/mol. The molecule has 3 aromatic rings. The van der Waals surface area contributed by atoms with E-state index in [9.17, 15) is 0 Å². The molecule has 1 aromatic heterocycles. The van der Waals surface area contributed by atoms with E-state index in [0.29, 0.717) is 0 Å². The molecule has 0 aliphatic rings. The highest BCUT2D eigenvalue weighted by molar-refractivity contribution is 5.84. The van der Waals surface area contributed by atoms with E-state index < -0.39 is 0 Å². The van der Waals surface area contributed by atoms with Crippen LogP contribution in [-0.2, 0) is 6.54 Å². The van der Waals surface area contributed by atoms with Gasteiger partial charge in [0.15, 0.2) is 0 Å². The van der Waals surface area contributed by atoms with Gasteiger partial charge in [-0.05, 0) is 30.0 Å². The molecule has 116 valence electrons. The summed E-state index contributed by atoms with van der Waals surface area (Å²) >= 11 is 0. The van der Waals surface area contributed by atoms with E-state index in [2.05, 4.69) is 72.0 Å². The molecule has 2 nitrogen and oxygen atoms in total. The van der Waals surface area contributed by atoms with Gasteiger partial charge in [0.1, 0.15) is 5.69 Å². The van der Waals surface area contributed by atoms with E-state index in [4.69, 9.17) is 5.10 Å². The Balaban J connectivity index is 1.87. The Labute approximate surface area is 138 Å². The van der Waals surface area contributed by atoms with E-state index in [1.807, 2.05) is 6.07 Å². The molecule has 0 saturated carbocycles. The first-order valence-electron chi connectivity index (χ1n) is 8.37. The second-order valence-electron chi connectivity index (χ2n) is 5.77. The van der Waals surface area contributed by atoms with E-state index in [1.54, 1.807) is 0 Å². The fourth-order valence-electron chi connectivity index (χ4n) is 2.71. The van der Waals surface area contributed by atoms with Crippen LogP contribution in [-0.4, -0.2) is 9.78 Å². The number of fused-ring (bicyclic) bond motifs is 1. The Bertz CT molecular complexity index is 819. The highest BCUT2D eigenvalue weighted by atomic mass is 15.3. The maximum atomic E-state index is 4.75. The molecule has 0 N–H and O–H groups in total. The lowest BCUT2D eigenvalue weighted by atomic mass is 10.2. The zero-order valence-electron chi connectivity index (χ0n) is 13.6. The molecule has 0 saturated heterocycles. The summed E-state index contributed by atoms with van der Waals surface area (Å²) in [4.78, 5) is 0. The van der Waals surface area contributed by atoms with Crippen LogP contribution in [0.1, 0.15) is 43.9 Å². The molecule has 0 bridgehead atoms. The predicted molar refractivity (Wildman–Crippen MR) is 96.3 cm³/mol. The minimum absolute atomic E-state index is 0.777. The first-order valence-corrected chi connectivity index (χ1v) is 8.37. The molecule has 0 amide bonds. The topological polar surface area (TPSA) is 17.8 Å². The Morgan fingerprint density at radius 1 is 0.957 bits per heavy atom. The standard InChI is InChI=1S/C21H22N2/c1-2-3-4-5-9-15-20-19-14-10-11-16-21(19)23(22-20)17-18-12-7-6-8-13-18/h6-8,10-14,16H,2-5,17H2,1H3. The molecule has 0 unspecified atom stereocenters. The molecule has 3 rings (SSSR count). The van der Waals surface area contributed by atoms with Crippen molar-refractivity contribution in [3.8, 4) is 11.8 Å². The quantitative estimate of drug-likeness (QED) is 0.478. The fourth-order valence-corrected chi connectivity index (χ4v) is 2.71. The summed E-state index contributed by atoms with van der Waals surface area (Å²) in [6, 6.07) is 18.8. The highest BCUT2D eigenvalue weighted by Crippen LogP contribution is 2.19. The van der Waals surface area contributed by atoms with E-state index in [-0.39, 0.29) is 0 Å². The summed E-state index contributed by atoms with van der Waals surface area (Å²) in [7, 11) is 0. The molecule has 1 heterocycles. The normalized spacial score (nSPS) is 10.5. The van der Waals surface area contributed by atoms with Crippen LogP contribution in [0.2, 0.25) is 0 Å². The van der Waals surface area contributed by atoms with Crippen molar-refractivity contribution in [3.05, 3.63) is 65.9 Å². The van der Waals surface area contributed by atoms with Gasteiger partial charge in [-0.1, -0.05) is 68.2 Å². The van der Waals surface area contributed by atoms with Crippen LogP contribution in [0.15, 0.2) is 54.6 Å². The number of unbranched alkanes of at least 4 members (excludes halogenated alkanes) is 3. The van der Waals surface area contributed by atoms with Crippen molar-refractivity contribution in [1.82, 2.24) is 9.78 Å². The fraction of sp³-hybridized carbons (Fsp3) is 0.286. The Morgan fingerprint density at radius 3 is 2.57 bits per heavy atom.